The molecule has 0 fully saturated rings. The number of ether oxygens (including phenoxy) is 1. The van der Waals surface area contributed by atoms with Crippen molar-refractivity contribution in [3.63, 3.8) is 0 Å². The number of nitrogens with one attached hydrogen (secondary N) is 1. The lowest BCUT2D eigenvalue weighted by molar-refractivity contribution is 0.356. The molecular weight excluding hydrogens is 356 g/mol. The number of hydrogen-bond donors (Lipinski definition) is 1. The summed E-state index contributed by atoms with van der Waals surface area (Å²) in [4.78, 5) is 12.5. The lowest BCUT2D eigenvalue weighted by atomic mass is 10.2. The minimum Gasteiger partial charge on any atom is -0.493 e. The molecule has 8 nitrogen and oxygen atoms in total. The maximum atomic E-state index is 12.4. The van der Waals surface area contributed by atoms with E-state index in [4.69, 9.17) is 4.74 Å². The quantitative estimate of drug-likeness (QED) is 0.746. The van der Waals surface area contributed by atoms with Gasteiger partial charge in [0, 0.05) is 32.5 Å². The summed E-state index contributed by atoms with van der Waals surface area (Å²) in [6.07, 6.45) is 4.12. The molecule has 2 aromatic rings. The molecule has 0 atom stereocenters. The predicted octanol–water partition coefficient (Wildman–Crippen LogP) is 0.685. The average Bonchev–Trinajstić information content (AvgIpc) is 3.23. The number of hydrogen-bond acceptors (Lipinski definition) is 5. The SMILES string of the molecule is O=c1n(CCCNS(=O)(=O)c2ccc3c(c2)CCO3)nc2n1CCCC2. The monoisotopic (exact) mass is 378 g/mol. The van der Waals surface area contributed by atoms with Crippen molar-refractivity contribution in [3.05, 3.63) is 40.1 Å². The van der Waals surface area contributed by atoms with E-state index in [0.29, 0.717) is 19.6 Å². The number of nitrogens with zero attached hydrogens (tertiary/aromatic N) is 3. The molecule has 9 heteroatoms. The normalized spacial score (nSPS) is 16.2. The molecule has 26 heavy (non-hydrogen) atoms. The van der Waals surface area contributed by atoms with E-state index in [1.165, 1.54) is 4.68 Å². The zero-order valence-electron chi connectivity index (χ0n) is 14.5. The first kappa shape index (κ1) is 17.3. The van der Waals surface area contributed by atoms with Gasteiger partial charge in [-0.15, -0.1) is 0 Å². The molecule has 2 aliphatic rings. The molecule has 140 valence electrons. The lowest BCUT2D eigenvalue weighted by Gasteiger charge is -2.09. The van der Waals surface area contributed by atoms with Gasteiger partial charge >= 0.3 is 5.69 Å². The Kier molecular flexibility index (Phi) is 4.58. The molecule has 0 saturated carbocycles. The van der Waals surface area contributed by atoms with Gasteiger partial charge in [-0.1, -0.05) is 0 Å². The summed E-state index contributed by atoms with van der Waals surface area (Å²) in [5.74, 6) is 1.59. The topological polar surface area (TPSA) is 95.2 Å². The van der Waals surface area contributed by atoms with Crippen LogP contribution in [0.15, 0.2) is 27.9 Å². The van der Waals surface area contributed by atoms with Crippen LogP contribution in [-0.2, 0) is 36.0 Å². The number of aryl methyl sites for hydroxylation is 2. The molecule has 0 aliphatic carbocycles. The van der Waals surface area contributed by atoms with Gasteiger partial charge < -0.3 is 4.74 Å². The van der Waals surface area contributed by atoms with Gasteiger partial charge in [0.1, 0.15) is 11.6 Å². The fraction of sp³-hybridized carbons (Fsp3) is 0.529. The highest BCUT2D eigenvalue weighted by molar-refractivity contribution is 7.89. The van der Waals surface area contributed by atoms with Gasteiger partial charge in [-0.2, -0.15) is 5.10 Å². The number of fused-ring (bicyclic) bond motifs is 2. The molecule has 0 amide bonds. The Morgan fingerprint density at radius 2 is 2.12 bits per heavy atom. The third kappa shape index (κ3) is 3.28. The van der Waals surface area contributed by atoms with E-state index in [9.17, 15) is 13.2 Å². The van der Waals surface area contributed by atoms with Crippen LogP contribution in [0.4, 0.5) is 0 Å². The Bertz CT molecular complexity index is 977. The summed E-state index contributed by atoms with van der Waals surface area (Å²) in [5, 5.41) is 4.36. The van der Waals surface area contributed by atoms with Crippen molar-refractivity contribution in [3.8, 4) is 5.75 Å². The van der Waals surface area contributed by atoms with Crippen LogP contribution in [0.1, 0.15) is 30.7 Å². The second kappa shape index (κ2) is 6.88. The lowest BCUT2D eigenvalue weighted by Crippen LogP contribution is -2.29. The maximum absolute atomic E-state index is 12.4. The molecule has 0 spiro atoms. The fourth-order valence-corrected chi connectivity index (χ4v) is 4.57. The molecular formula is C17H22N4O4S. The van der Waals surface area contributed by atoms with E-state index >= 15 is 0 Å². The summed E-state index contributed by atoms with van der Waals surface area (Å²) in [5.41, 5.74) is 0.823. The number of benzene rings is 1. The summed E-state index contributed by atoms with van der Waals surface area (Å²) in [6.45, 7) is 1.97. The highest BCUT2D eigenvalue weighted by atomic mass is 32.2. The van der Waals surface area contributed by atoms with Crippen LogP contribution in [0, 0.1) is 0 Å². The summed E-state index contributed by atoms with van der Waals surface area (Å²) < 4.78 is 36.0. The minimum absolute atomic E-state index is 0.0961. The molecule has 1 aromatic heterocycles. The second-order valence-corrected chi connectivity index (χ2v) is 8.42. The van der Waals surface area contributed by atoms with Crippen molar-refractivity contribution >= 4 is 10.0 Å². The molecule has 0 saturated heterocycles. The smallest absolute Gasteiger partial charge is 0.345 e. The minimum atomic E-state index is -3.57. The Morgan fingerprint density at radius 3 is 2.96 bits per heavy atom. The van der Waals surface area contributed by atoms with E-state index in [1.807, 2.05) is 0 Å². The number of aromatic nitrogens is 3. The zero-order valence-corrected chi connectivity index (χ0v) is 15.3. The predicted molar refractivity (Wildman–Crippen MR) is 94.9 cm³/mol. The first-order chi connectivity index (χ1) is 12.5. The summed E-state index contributed by atoms with van der Waals surface area (Å²) in [6, 6.07) is 4.92. The van der Waals surface area contributed by atoms with E-state index in [1.54, 1.807) is 22.8 Å². The van der Waals surface area contributed by atoms with Crippen LogP contribution in [-0.4, -0.2) is 35.9 Å². The van der Waals surface area contributed by atoms with Gasteiger partial charge in [-0.3, -0.25) is 4.57 Å². The average molecular weight is 378 g/mol. The van der Waals surface area contributed by atoms with Crippen molar-refractivity contribution in [2.45, 2.75) is 50.1 Å². The molecule has 0 bridgehead atoms. The number of rotatable bonds is 6. The molecule has 4 rings (SSSR count). The maximum Gasteiger partial charge on any atom is 0.345 e. The van der Waals surface area contributed by atoms with E-state index in [0.717, 1.165) is 49.4 Å². The molecule has 1 N–H and O–H groups in total. The third-order valence-electron chi connectivity index (χ3n) is 4.84. The summed E-state index contributed by atoms with van der Waals surface area (Å²) >= 11 is 0. The van der Waals surface area contributed by atoms with Gasteiger partial charge in [-0.25, -0.2) is 22.6 Å². The zero-order chi connectivity index (χ0) is 18.1. The Labute approximate surface area is 151 Å². The van der Waals surface area contributed by atoms with Gasteiger partial charge in [0.25, 0.3) is 0 Å². The van der Waals surface area contributed by atoms with Crippen LogP contribution in [0.2, 0.25) is 0 Å². The fourth-order valence-electron chi connectivity index (χ4n) is 3.44. The Balaban J connectivity index is 1.36. The van der Waals surface area contributed by atoms with E-state index < -0.39 is 10.0 Å². The largest absolute Gasteiger partial charge is 0.493 e. The van der Waals surface area contributed by atoms with Gasteiger partial charge in [-0.05, 0) is 43.0 Å². The van der Waals surface area contributed by atoms with Crippen molar-refractivity contribution in [1.82, 2.24) is 19.1 Å². The van der Waals surface area contributed by atoms with Gasteiger partial charge in [0.05, 0.1) is 11.5 Å². The van der Waals surface area contributed by atoms with Gasteiger partial charge in [0.15, 0.2) is 0 Å². The second-order valence-electron chi connectivity index (χ2n) is 6.65. The van der Waals surface area contributed by atoms with Crippen LogP contribution in [0.25, 0.3) is 0 Å². The van der Waals surface area contributed by atoms with Gasteiger partial charge in [0.2, 0.25) is 10.0 Å². The third-order valence-corrected chi connectivity index (χ3v) is 6.30. The summed E-state index contributed by atoms with van der Waals surface area (Å²) in [7, 11) is -3.57. The van der Waals surface area contributed by atoms with Crippen molar-refractivity contribution < 1.29 is 13.2 Å². The standard InChI is InChI=1S/C17H22N4O4S/c22-17-20-9-2-1-4-16(20)19-21(17)10-3-8-18-26(23,24)14-5-6-15-13(12-14)7-11-25-15/h5-6,12,18H,1-4,7-11H2. The highest BCUT2D eigenvalue weighted by Crippen LogP contribution is 2.27. The van der Waals surface area contributed by atoms with Crippen LogP contribution in [0.3, 0.4) is 0 Å². The van der Waals surface area contributed by atoms with Crippen LogP contribution < -0.4 is 15.1 Å². The molecule has 1 aromatic carbocycles. The number of sulfonamides is 1. The molecule has 3 heterocycles. The van der Waals surface area contributed by atoms with Crippen LogP contribution in [0.5, 0.6) is 5.75 Å². The highest BCUT2D eigenvalue weighted by Gasteiger charge is 2.19. The van der Waals surface area contributed by atoms with E-state index in [2.05, 4.69) is 9.82 Å². The van der Waals surface area contributed by atoms with Crippen molar-refractivity contribution in [1.29, 1.82) is 0 Å². The van der Waals surface area contributed by atoms with Crippen LogP contribution >= 0.6 is 0 Å². The Morgan fingerprint density at radius 1 is 1.23 bits per heavy atom. The first-order valence-corrected chi connectivity index (χ1v) is 10.4. The Hall–Kier alpha value is -2.13. The molecule has 2 aliphatic heterocycles. The van der Waals surface area contributed by atoms with Crippen molar-refractivity contribution in [2.75, 3.05) is 13.2 Å². The molecule has 0 radical (unpaired) electrons. The molecule has 0 unspecified atom stereocenters. The van der Waals surface area contributed by atoms with Crippen molar-refractivity contribution in [2.24, 2.45) is 0 Å². The first-order valence-electron chi connectivity index (χ1n) is 8.96. The van der Waals surface area contributed by atoms with E-state index in [-0.39, 0.29) is 17.1 Å².